The highest BCUT2D eigenvalue weighted by Gasteiger charge is 2.14. The van der Waals surface area contributed by atoms with Crippen LogP contribution in [0.5, 0.6) is 0 Å². The summed E-state index contributed by atoms with van der Waals surface area (Å²) in [5, 5.41) is 21.0. The summed E-state index contributed by atoms with van der Waals surface area (Å²) in [6.45, 7) is -0.386. The molecule has 0 radical (unpaired) electrons. The van der Waals surface area contributed by atoms with Crippen molar-refractivity contribution in [2.75, 3.05) is 11.9 Å². The third-order valence-corrected chi connectivity index (χ3v) is 3.91. The van der Waals surface area contributed by atoms with Crippen molar-refractivity contribution in [2.24, 2.45) is 0 Å². The fourth-order valence-corrected chi connectivity index (χ4v) is 2.45. The highest BCUT2D eigenvalue weighted by atomic mass is 127. The Kier molecular flexibility index (Phi) is 6.43. The van der Waals surface area contributed by atoms with Gasteiger partial charge in [-0.25, -0.2) is 4.39 Å². The molecule has 0 spiro atoms. The molecule has 3 N–H and O–H groups in total. The summed E-state index contributed by atoms with van der Waals surface area (Å²) < 4.78 is 14.7. The molecule has 0 fully saturated rings. The van der Waals surface area contributed by atoms with Crippen LogP contribution in [0.1, 0.15) is 23.2 Å². The van der Waals surface area contributed by atoms with Gasteiger partial charge < -0.3 is 15.5 Å². The van der Waals surface area contributed by atoms with Crippen LogP contribution in [0.25, 0.3) is 0 Å². The average molecular weight is 430 g/mol. The van der Waals surface area contributed by atoms with Crippen LogP contribution in [0.3, 0.4) is 0 Å². The van der Waals surface area contributed by atoms with Crippen LogP contribution in [0, 0.1) is 9.39 Å². The Morgan fingerprint density at radius 2 is 2.13 bits per heavy atom. The molecule has 1 heterocycles. The molecule has 7 heteroatoms. The first-order chi connectivity index (χ1) is 11.0. The lowest BCUT2D eigenvalue weighted by Crippen LogP contribution is -2.14. The normalized spacial score (nSPS) is 12.0. The molecule has 1 aromatic carbocycles. The smallest absolute Gasteiger partial charge is 0.165 e. The summed E-state index contributed by atoms with van der Waals surface area (Å²) in [7, 11) is 0. The summed E-state index contributed by atoms with van der Waals surface area (Å²) in [4.78, 5) is 16.2. The van der Waals surface area contributed by atoms with Gasteiger partial charge in [-0.3, -0.25) is 9.78 Å². The number of rotatable bonds is 7. The summed E-state index contributed by atoms with van der Waals surface area (Å²) in [6, 6.07) is 6.27. The van der Waals surface area contributed by atoms with Crippen LogP contribution in [0.2, 0.25) is 0 Å². The predicted octanol–water partition coefficient (Wildman–Crippen LogP) is 2.89. The van der Waals surface area contributed by atoms with Gasteiger partial charge in [-0.1, -0.05) is 0 Å². The van der Waals surface area contributed by atoms with Gasteiger partial charge in [-0.2, -0.15) is 0 Å². The van der Waals surface area contributed by atoms with E-state index in [1.807, 2.05) is 22.6 Å². The Hall–Kier alpha value is -1.58. The minimum Gasteiger partial charge on any atom is -0.394 e. The lowest BCUT2D eigenvalue weighted by Gasteiger charge is -2.12. The van der Waals surface area contributed by atoms with E-state index in [4.69, 9.17) is 5.11 Å². The second kappa shape index (κ2) is 8.32. The molecular weight excluding hydrogens is 414 g/mol. The topological polar surface area (TPSA) is 82.5 Å². The number of benzene rings is 1. The van der Waals surface area contributed by atoms with E-state index in [0.717, 1.165) is 3.57 Å². The van der Waals surface area contributed by atoms with Crippen LogP contribution >= 0.6 is 22.6 Å². The molecule has 2 aromatic rings. The van der Waals surface area contributed by atoms with Crippen LogP contribution in [-0.4, -0.2) is 33.7 Å². The van der Waals surface area contributed by atoms with Gasteiger partial charge in [-0.05, 0) is 53.3 Å². The van der Waals surface area contributed by atoms with Gasteiger partial charge in [0.15, 0.2) is 5.78 Å². The van der Waals surface area contributed by atoms with Crippen LogP contribution in [0.4, 0.5) is 15.8 Å². The largest absolute Gasteiger partial charge is 0.394 e. The van der Waals surface area contributed by atoms with Crippen molar-refractivity contribution in [1.29, 1.82) is 0 Å². The van der Waals surface area contributed by atoms with Crippen molar-refractivity contribution in [2.45, 2.75) is 18.9 Å². The number of pyridine rings is 1. The first-order valence-electron chi connectivity index (χ1n) is 6.99. The second-order valence-corrected chi connectivity index (χ2v) is 6.21. The maximum atomic E-state index is 13.9. The highest BCUT2D eigenvalue weighted by Crippen LogP contribution is 2.24. The number of hydrogen-bond acceptors (Lipinski definition) is 5. The number of halogens is 2. The average Bonchev–Trinajstić information content (AvgIpc) is 2.55. The molecule has 0 aliphatic heterocycles. The third-order valence-electron chi connectivity index (χ3n) is 3.24. The Morgan fingerprint density at radius 3 is 2.83 bits per heavy atom. The monoisotopic (exact) mass is 430 g/mol. The fraction of sp³-hybridized carbons (Fsp3) is 0.250. The number of Topliss-reactive ketones (excluding diaryl/α,β-unsaturated/α-hetero) is 1. The predicted molar refractivity (Wildman–Crippen MR) is 93.3 cm³/mol. The highest BCUT2D eigenvalue weighted by molar-refractivity contribution is 14.1. The van der Waals surface area contributed by atoms with Crippen LogP contribution < -0.4 is 5.32 Å². The van der Waals surface area contributed by atoms with Gasteiger partial charge >= 0.3 is 0 Å². The van der Waals surface area contributed by atoms with Crippen molar-refractivity contribution in [3.05, 3.63) is 51.6 Å². The molecule has 1 aromatic heterocycles. The van der Waals surface area contributed by atoms with Gasteiger partial charge in [-0.15, -0.1) is 0 Å². The Balaban J connectivity index is 2.18. The van der Waals surface area contributed by atoms with Gasteiger partial charge in [0.25, 0.3) is 0 Å². The second-order valence-electron chi connectivity index (χ2n) is 4.97. The molecule has 0 aliphatic carbocycles. The Labute approximate surface area is 146 Å². The standard InChI is InChI=1S/C16H16FIN2O3/c17-13-7-10(18)1-3-14(13)20-15-8-19-6-5-12(15)16(23)4-2-11(22)9-21/h1,3,5-8,11,20-22H,2,4,9H2/t11-/m0/s1. The van der Waals surface area contributed by atoms with E-state index in [2.05, 4.69) is 10.3 Å². The molecule has 0 saturated heterocycles. The summed E-state index contributed by atoms with van der Waals surface area (Å²) in [5.74, 6) is -0.636. The lowest BCUT2D eigenvalue weighted by atomic mass is 10.0. The Bertz CT molecular complexity index is 697. The first kappa shape index (κ1) is 17.8. The number of carbonyl (C=O) groups is 1. The molecule has 2 rings (SSSR count). The maximum absolute atomic E-state index is 13.9. The molecule has 1 atom stereocenters. The van der Waals surface area contributed by atoms with Crippen molar-refractivity contribution in [3.8, 4) is 0 Å². The zero-order valence-corrected chi connectivity index (χ0v) is 14.3. The molecule has 122 valence electrons. The zero-order chi connectivity index (χ0) is 16.8. The molecule has 23 heavy (non-hydrogen) atoms. The van der Waals surface area contributed by atoms with Crippen molar-refractivity contribution >= 4 is 39.7 Å². The van der Waals surface area contributed by atoms with Crippen molar-refractivity contribution in [1.82, 2.24) is 4.98 Å². The summed E-state index contributed by atoms with van der Waals surface area (Å²) in [5.41, 5.74) is 1.02. The molecule has 0 bridgehead atoms. The maximum Gasteiger partial charge on any atom is 0.165 e. The molecule has 0 amide bonds. The molecule has 0 saturated carbocycles. The van der Waals surface area contributed by atoms with E-state index >= 15 is 0 Å². The van der Waals surface area contributed by atoms with Gasteiger partial charge in [0, 0.05) is 21.8 Å². The van der Waals surface area contributed by atoms with Crippen molar-refractivity contribution in [3.63, 3.8) is 0 Å². The summed E-state index contributed by atoms with van der Waals surface area (Å²) in [6.07, 6.45) is 2.24. The van der Waals surface area contributed by atoms with Crippen LogP contribution in [-0.2, 0) is 0 Å². The molecular formula is C16H16FIN2O3. The quantitative estimate of drug-likeness (QED) is 0.465. The van der Waals surface area contributed by atoms with E-state index in [9.17, 15) is 14.3 Å². The van der Waals surface area contributed by atoms with E-state index in [-0.39, 0.29) is 30.9 Å². The number of aliphatic hydroxyl groups excluding tert-OH is 2. The SMILES string of the molecule is O=C(CC[C@H](O)CO)c1ccncc1Nc1ccc(I)cc1F. The number of ketones is 1. The third kappa shape index (κ3) is 4.95. The van der Waals surface area contributed by atoms with Gasteiger partial charge in [0.1, 0.15) is 5.82 Å². The number of anilines is 2. The number of carbonyl (C=O) groups excluding carboxylic acids is 1. The minimum atomic E-state index is -0.925. The number of aromatic nitrogens is 1. The van der Waals surface area contributed by atoms with E-state index < -0.39 is 11.9 Å². The number of nitrogens with one attached hydrogen (secondary N) is 1. The summed E-state index contributed by atoms with van der Waals surface area (Å²) >= 11 is 2.01. The molecule has 0 aliphatic rings. The fourth-order valence-electron chi connectivity index (χ4n) is 2.00. The van der Waals surface area contributed by atoms with E-state index in [0.29, 0.717) is 11.3 Å². The minimum absolute atomic E-state index is 0.0790. The number of nitrogens with zero attached hydrogens (tertiary/aromatic N) is 1. The van der Waals surface area contributed by atoms with Gasteiger partial charge in [0.2, 0.25) is 0 Å². The van der Waals surface area contributed by atoms with E-state index in [1.54, 1.807) is 18.2 Å². The van der Waals surface area contributed by atoms with Gasteiger partial charge in [0.05, 0.1) is 30.3 Å². The van der Waals surface area contributed by atoms with Crippen molar-refractivity contribution < 1.29 is 19.4 Å². The van der Waals surface area contributed by atoms with Crippen LogP contribution in [0.15, 0.2) is 36.7 Å². The van der Waals surface area contributed by atoms with E-state index in [1.165, 1.54) is 18.5 Å². The number of hydrogen-bond donors (Lipinski definition) is 3. The first-order valence-corrected chi connectivity index (χ1v) is 8.07. The lowest BCUT2D eigenvalue weighted by molar-refractivity contribution is 0.0780. The molecule has 5 nitrogen and oxygen atoms in total. The number of aliphatic hydroxyl groups is 2. The molecule has 0 unspecified atom stereocenters. The zero-order valence-electron chi connectivity index (χ0n) is 12.2. The Morgan fingerprint density at radius 1 is 1.35 bits per heavy atom.